The van der Waals surface area contributed by atoms with Gasteiger partial charge in [0.25, 0.3) is 11.8 Å². The van der Waals surface area contributed by atoms with Crippen molar-refractivity contribution in [2.75, 3.05) is 63.3 Å². The predicted molar refractivity (Wildman–Crippen MR) is 356 cm³/mol. The van der Waals surface area contributed by atoms with Crippen LogP contribution in [0, 0.1) is 41.4 Å². The lowest BCUT2D eigenvalue weighted by Crippen LogP contribution is -2.55. The predicted octanol–water partition coefficient (Wildman–Crippen LogP) is 11.2. The Labute approximate surface area is 564 Å². The van der Waals surface area contributed by atoms with Crippen molar-refractivity contribution < 1.29 is 103 Å². The first kappa shape index (κ1) is 81.3. The van der Waals surface area contributed by atoms with Crippen LogP contribution in [0.15, 0.2) is 0 Å². The maximum atomic E-state index is 12.8. The zero-order valence-electron chi connectivity index (χ0n) is 58.5. The molecule has 13 heterocycles. The molecule has 0 saturated carbocycles. The van der Waals surface area contributed by atoms with E-state index in [0.717, 1.165) is 47.2 Å². The number of fused-ring (bicyclic) bond motifs is 2. The lowest BCUT2D eigenvalue weighted by atomic mass is 9.99. The van der Waals surface area contributed by atoms with Crippen LogP contribution in [0.4, 0.5) is 17.6 Å². The van der Waals surface area contributed by atoms with Crippen LogP contribution in [0.5, 0.6) is 0 Å². The first-order chi connectivity index (χ1) is 42.9. The summed E-state index contributed by atoms with van der Waals surface area (Å²) in [7, 11) is 3.35. The summed E-state index contributed by atoms with van der Waals surface area (Å²) in [4.78, 5) is 10.9. The van der Waals surface area contributed by atoms with Gasteiger partial charge in [-0.25, -0.2) is 17.6 Å². The number of thioether (sulfide) groups is 3. The third-order valence-corrected chi connectivity index (χ3v) is 31.6. The molecule has 0 bridgehead atoms. The molecule has 542 valence electrons. The summed E-state index contributed by atoms with van der Waals surface area (Å²) in [5.41, 5.74) is 0. The number of halogens is 4. The quantitative estimate of drug-likeness (QED) is 0.137. The van der Waals surface area contributed by atoms with E-state index in [-0.39, 0.29) is 84.3 Å². The van der Waals surface area contributed by atoms with Crippen molar-refractivity contribution in [1.29, 1.82) is 0 Å². The summed E-state index contributed by atoms with van der Waals surface area (Å²) in [5, 5.41) is 31.5. The van der Waals surface area contributed by atoms with Crippen LogP contribution < -0.4 is 0 Å². The molecule has 0 aromatic carbocycles. The Bertz CT molecular complexity index is 2320. The van der Waals surface area contributed by atoms with Gasteiger partial charge in [-0.05, 0) is 85.5 Å². The maximum absolute atomic E-state index is 12.8. The molecule has 0 aromatic rings. The minimum Gasteiger partial charge on any atom is -0.394 e. The van der Waals surface area contributed by atoms with Crippen LogP contribution >= 0.6 is 45.6 Å². The van der Waals surface area contributed by atoms with E-state index >= 15 is 0 Å². The van der Waals surface area contributed by atoms with Crippen LogP contribution in [0.2, 0.25) is 0 Å². The number of rotatable bonds is 10. The van der Waals surface area contributed by atoms with Crippen molar-refractivity contribution in [2.45, 2.75) is 298 Å². The molecule has 13 aliphatic rings. The van der Waals surface area contributed by atoms with E-state index in [9.17, 15) is 36.8 Å². The van der Waals surface area contributed by atoms with Crippen molar-refractivity contribution in [2.24, 2.45) is 41.4 Å². The second kappa shape index (κ2) is 33.9. The van der Waals surface area contributed by atoms with Crippen LogP contribution in [-0.2, 0) is 76.6 Å². The number of aliphatic hydroxyl groups is 3. The van der Waals surface area contributed by atoms with Gasteiger partial charge in [0.15, 0.2) is 42.5 Å². The largest absolute Gasteiger partial charge is 0.394 e. The Hall–Kier alpha value is 0.300. The minimum atomic E-state index is -2.70. The van der Waals surface area contributed by atoms with Crippen molar-refractivity contribution in [3.05, 3.63) is 0 Å². The highest BCUT2D eigenvalue weighted by atomic mass is 32.3. The van der Waals surface area contributed by atoms with Gasteiger partial charge in [-0.2, -0.15) is 23.5 Å². The van der Waals surface area contributed by atoms with Gasteiger partial charge in [-0.3, -0.25) is 9.00 Å². The van der Waals surface area contributed by atoms with E-state index in [2.05, 4.69) is 41.5 Å². The summed E-state index contributed by atoms with van der Waals surface area (Å²) in [6, 6.07) is 0. The average Bonchev–Trinajstić information content (AvgIpc) is 1.47. The number of ether oxygens (including phenoxy) is 12. The zero-order valence-corrected chi connectivity index (χ0v) is 62.6. The highest BCUT2D eigenvalue weighted by Crippen LogP contribution is 2.91. The lowest BCUT2D eigenvalue weighted by Gasteiger charge is -2.58. The molecule has 4 unspecified atom stereocenters. The fourth-order valence-corrected chi connectivity index (χ4v) is 24.7. The second-order valence-corrected chi connectivity index (χ2v) is 36.5. The number of carbonyl (C=O) groups excluding carboxylic acids is 1. The molecular weight excluding hydrogens is 1310 g/mol. The summed E-state index contributed by atoms with van der Waals surface area (Å²) < 4.78 is 134. The summed E-state index contributed by atoms with van der Waals surface area (Å²) in [5.74, 6) is -2.71. The van der Waals surface area contributed by atoms with E-state index in [4.69, 9.17) is 66.1 Å². The molecule has 0 radical (unpaired) electrons. The highest BCUT2D eigenvalue weighted by Gasteiger charge is 2.79. The number of aliphatic hydroxyl groups excluding tert-OH is 3. The van der Waals surface area contributed by atoms with Crippen molar-refractivity contribution >= 4 is 62.2 Å². The van der Waals surface area contributed by atoms with Crippen LogP contribution in [0.25, 0.3) is 0 Å². The standard InChI is InChI=1S/C12H20O6.C9H16O4.C9H18O3.C7H12F2OS.C7H12F2S.C7H12O2S.C7H14OS.C7H12OS/c1-11(2)14-5-6(16-11)8-7(13)9-10(15-8)18-12(3,4)17-9;1-5-6(4-10)11-8-7(5)12-9(2,3)13-8;1-5-7-6(2)8(10-3)9(11-4)12-7;1-3-6-5(2)7(8,9)4-11(6)10;1-3-6-5(2)7(8,9)4-10-6;1-4-5-3-10(5)6(4)7(8-2)9-10;2*1-3-7-5(2)6(8)4-9-7/h6-10,13H,5H2,1-4H3;5-8,10H,4H2,1-3H3;6-9H,5H2,1-4H3;5-6H,3-4H2,1-2H3;5-6H,3-4H2,1-2H3;4-7H,3H2,1-2H3;5-8H,3-4H2,1-2H3;5,7H,3-4H2,1-2H3/t6-,7+,8-,9-,10-;5-,6+,7+,8+;6-,7+,8+,9+;5-,6-,11?;5-,6-;4-,5?,6?,7+;5-,6+,7+;5-,7+/m10011000/s1. The van der Waals surface area contributed by atoms with Gasteiger partial charge in [-0.1, -0.05) is 83.1 Å². The SMILES string of the molecule is CC1(C)O[C@H]2O[C@H]([C@H]3COC(C)(C)O3)[C@H](O)[C@H]2O1.CC[C@@H]1[C@@H](C)C(F)(F)CS1=O.CC[C@H]1O[C@@H](OC)[C@H](OC)[C@H]1C.CC[C@H]1SCC(=O)[C@@H]1C.CC[C@H]1SCC(F)(F)[C@@H]1C.CC[C@H]1SC[C@@H](O)[C@@H]1C.CO[C@@H]1OS23CC2[C@H](C)C13.C[C@@H]1[C@H]2OC(C)(C)O[C@H]2O[C@@H]1CO. The van der Waals surface area contributed by atoms with Crippen molar-refractivity contribution in [3.63, 3.8) is 0 Å². The van der Waals surface area contributed by atoms with E-state index in [1.54, 1.807) is 49.0 Å². The van der Waals surface area contributed by atoms with Gasteiger partial charge >= 0.3 is 0 Å². The number of hydrogen-bond acceptors (Lipinski definition) is 21. The molecule has 13 aliphatic heterocycles. The maximum Gasteiger partial charge on any atom is 0.263 e. The molecule has 92 heavy (non-hydrogen) atoms. The number of ketones is 1. The van der Waals surface area contributed by atoms with Gasteiger partial charge in [0, 0.05) is 99.5 Å². The van der Waals surface area contributed by atoms with E-state index in [1.807, 2.05) is 72.0 Å². The van der Waals surface area contributed by atoms with Crippen LogP contribution in [-0.4, -0.2) is 229 Å². The molecule has 0 amide bonds. The van der Waals surface area contributed by atoms with E-state index in [0.29, 0.717) is 47.1 Å². The monoisotopic (exact) mass is 1420 g/mol. The van der Waals surface area contributed by atoms with Crippen molar-refractivity contribution in [3.8, 4) is 0 Å². The lowest BCUT2D eigenvalue weighted by molar-refractivity contribution is -0.232. The Morgan fingerprint density at radius 3 is 1.57 bits per heavy atom. The van der Waals surface area contributed by atoms with Crippen LogP contribution in [0.3, 0.4) is 0 Å². The minimum absolute atomic E-state index is 0.0205. The number of Topliss-reactive ketones (excluding diaryl/α,β-unsaturated/α-hetero) is 1. The summed E-state index contributed by atoms with van der Waals surface area (Å²) >= 11 is 5.12. The van der Waals surface area contributed by atoms with Crippen LogP contribution in [0.1, 0.15) is 157 Å². The molecule has 13 rings (SSSR count). The number of methoxy groups -OCH3 is 3. The average molecular weight is 1420 g/mol. The third-order valence-electron chi connectivity index (χ3n) is 20.3. The first-order valence-corrected chi connectivity index (χ1v) is 39.8. The molecule has 13 fully saturated rings. The molecule has 13 saturated heterocycles. The Balaban J connectivity index is 0.000000169. The molecule has 27 heteroatoms. The molecule has 1 spiro atoms. The van der Waals surface area contributed by atoms with Crippen molar-refractivity contribution in [1.82, 2.24) is 0 Å². The highest BCUT2D eigenvalue weighted by molar-refractivity contribution is 8.39. The molecule has 0 aromatic heterocycles. The fraction of sp³-hybridized carbons (Fsp3) is 0.985. The Morgan fingerprint density at radius 1 is 0.620 bits per heavy atom. The molecule has 0 aliphatic carbocycles. The molecule has 3 N–H and O–H groups in total. The smallest absolute Gasteiger partial charge is 0.263 e. The number of alkyl halides is 4. The topological polar surface area (TPSA) is 215 Å². The fourth-order valence-electron chi connectivity index (χ4n) is 14.1. The third kappa shape index (κ3) is 19.1. The first-order valence-electron chi connectivity index (χ1n) is 33.4. The zero-order chi connectivity index (χ0) is 69.0. The Morgan fingerprint density at radius 2 is 1.22 bits per heavy atom. The van der Waals surface area contributed by atoms with Gasteiger partial charge in [0.1, 0.15) is 42.4 Å². The summed E-state index contributed by atoms with van der Waals surface area (Å²) in [6.45, 7) is 35.5. The number of carbonyl (C=O) groups is 1. The normalized spacial score (nSPS) is 47.2. The van der Waals surface area contributed by atoms with Gasteiger partial charge in [0.05, 0.1) is 54.0 Å². The van der Waals surface area contributed by atoms with E-state index < -0.39 is 92.5 Å². The molecular formula is C65H116F4O18S5. The molecule has 18 nitrogen and oxygen atoms in total. The second-order valence-electron chi connectivity index (χ2n) is 27.9. The van der Waals surface area contributed by atoms with Gasteiger partial charge in [-0.15, -0.1) is 22.1 Å². The summed E-state index contributed by atoms with van der Waals surface area (Å²) in [6.07, 6.45) is 2.09. The Kier molecular flexibility index (Phi) is 29.9. The number of hydrogen-bond donors (Lipinski definition) is 3. The van der Waals surface area contributed by atoms with E-state index in [1.165, 1.54) is 30.9 Å². The van der Waals surface area contributed by atoms with Gasteiger partial charge < -0.3 is 76.3 Å². The molecule has 28 atom stereocenters. The van der Waals surface area contributed by atoms with Gasteiger partial charge in [0.2, 0.25) is 0 Å².